The number of quaternary nitrogens is 1. The van der Waals surface area contributed by atoms with Crippen molar-refractivity contribution in [3.63, 3.8) is 0 Å². The summed E-state index contributed by atoms with van der Waals surface area (Å²) >= 11 is 0. The number of hydrogen-bond acceptors (Lipinski definition) is 7. The number of nitrogens with two attached hydrogens (primary N) is 1. The van der Waals surface area contributed by atoms with Gasteiger partial charge in [0.2, 0.25) is 5.91 Å². The molecule has 3 aromatic heterocycles. The molecule has 0 unspecified atom stereocenters. The molecule has 40 heavy (non-hydrogen) atoms. The SMILES string of the molecule is C=CC(=O)N1CCC(c2c[nH]c3ncnc(Nc4ccc(Oc5ccnc(/C(C=N)=C/[NH2+]C)c5)cc4F)c23)CC1. The molecule has 1 amide bonds. The molecule has 5 N–H and O–H groups in total. The van der Waals surface area contributed by atoms with Gasteiger partial charge in [-0.1, -0.05) is 6.58 Å². The molecule has 1 fully saturated rings. The molecule has 0 aliphatic carbocycles. The number of H-pyrrole nitrogens is 1. The van der Waals surface area contributed by atoms with E-state index in [1.54, 1.807) is 41.6 Å². The Labute approximate surface area is 230 Å². The molecule has 4 aromatic rings. The largest absolute Gasteiger partial charge is 0.457 e. The highest BCUT2D eigenvalue weighted by Gasteiger charge is 2.26. The van der Waals surface area contributed by atoms with Gasteiger partial charge >= 0.3 is 0 Å². The molecule has 1 aliphatic heterocycles. The topological polar surface area (TPSA) is 136 Å². The maximum Gasteiger partial charge on any atom is 0.245 e. The fraction of sp³-hybridized carbons (Fsp3) is 0.207. The molecule has 1 saturated heterocycles. The smallest absolute Gasteiger partial charge is 0.245 e. The molecule has 0 atom stereocenters. The van der Waals surface area contributed by atoms with Crippen molar-refractivity contribution in [2.45, 2.75) is 18.8 Å². The maximum absolute atomic E-state index is 15.2. The number of rotatable bonds is 9. The van der Waals surface area contributed by atoms with Gasteiger partial charge in [-0.15, -0.1) is 0 Å². The fourth-order valence-corrected chi connectivity index (χ4v) is 4.89. The van der Waals surface area contributed by atoms with Crippen LogP contribution in [0.1, 0.15) is 30.0 Å². The van der Waals surface area contributed by atoms with E-state index in [1.165, 1.54) is 24.7 Å². The Bertz CT molecular complexity index is 1590. The van der Waals surface area contributed by atoms with Crippen molar-refractivity contribution in [1.29, 1.82) is 5.41 Å². The maximum atomic E-state index is 15.2. The normalized spacial score (nSPS) is 14.2. The van der Waals surface area contributed by atoms with Crippen molar-refractivity contribution < 1.29 is 19.2 Å². The summed E-state index contributed by atoms with van der Waals surface area (Å²) in [5.41, 5.74) is 3.16. The number of piperidine rings is 1. The van der Waals surface area contributed by atoms with Crippen LogP contribution in [0.25, 0.3) is 16.6 Å². The van der Waals surface area contributed by atoms with Crippen molar-refractivity contribution >= 4 is 40.2 Å². The number of nitrogens with zero attached hydrogens (tertiary/aromatic N) is 4. The predicted octanol–water partition coefficient (Wildman–Crippen LogP) is 4.10. The van der Waals surface area contributed by atoms with Crippen LogP contribution in [0.15, 0.2) is 67.9 Å². The highest BCUT2D eigenvalue weighted by molar-refractivity contribution is 6.07. The number of amides is 1. The summed E-state index contributed by atoms with van der Waals surface area (Å²) in [4.78, 5) is 30.0. The third kappa shape index (κ3) is 5.59. The third-order valence-corrected chi connectivity index (χ3v) is 6.88. The average molecular weight is 542 g/mol. The van der Waals surface area contributed by atoms with Crippen LogP contribution < -0.4 is 15.4 Å². The monoisotopic (exact) mass is 541 g/mol. The van der Waals surface area contributed by atoms with Crippen molar-refractivity contribution in [1.82, 2.24) is 24.8 Å². The molecule has 10 nitrogen and oxygen atoms in total. The van der Waals surface area contributed by atoms with Gasteiger partial charge < -0.3 is 30.7 Å². The summed E-state index contributed by atoms with van der Waals surface area (Å²) in [5.74, 6) is 0.933. The number of likely N-dealkylation sites (tertiary alicyclic amines) is 1. The predicted molar refractivity (Wildman–Crippen MR) is 151 cm³/mol. The molecule has 5 rings (SSSR count). The van der Waals surface area contributed by atoms with Crippen LogP contribution in [0.4, 0.5) is 15.9 Å². The lowest BCUT2D eigenvalue weighted by molar-refractivity contribution is -0.555. The van der Waals surface area contributed by atoms with E-state index in [9.17, 15) is 4.79 Å². The standard InChI is InChI=1S/C29H29FN8O2/c1-3-26(39)38-10-7-18(8-11-38)22-16-34-28-27(22)29(36-17-35-28)37-24-5-4-20(12-23(24)30)40-21-6-9-33-25(13-21)19(14-31)15-32-2/h3-6,9,12-18,31-32H,1,7-8,10-11H2,2H3,(H2,34,35,36,37)/p+1/b19-15+,31-14?. The number of halogens is 1. The summed E-state index contributed by atoms with van der Waals surface area (Å²) in [6.45, 7) is 4.86. The summed E-state index contributed by atoms with van der Waals surface area (Å²) in [5, 5.41) is 13.4. The minimum Gasteiger partial charge on any atom is -0.457 e. The lowest BCUT2D eigenvalue weighted by atomic mass is 9.89. The molecule has 11 heteroatoms. The van der Waals surface area contributed by atoms with E-state index in [0.29, 0.717) is 47.3 Å². The molecule has 0 bridgehead atoms. The molecule has 4 heterocycles. The second-order valence-corrected chi connectivity index (χ2v) is 9.34. The van der Waals surface area contributed by atoms with E-state index in [4.69, 9.17) is 10.1 Å². The number of anilines is 2. The fourth-order valence-electron chi connectivity index (χ4n) is 4.89. The minimum atomic E-state index is -0.507. The van der Waals surface area contributed by atoms with Crippen LogP contribution in [0.5, 0.6) is 11.5 Å². The van der Waals surface area contributed by atoms with Crippen molar-refractivity contribution in [3.05, 3.63) is 85.0 Å². The molecule has 0 saturated carbocycles. The second-order valence-electron chi connectivity index (χ2n) is 9.34. The van der Waals surface area contributed by atoms with Gasteiger partial charge in [0.05, 0.1) is 29.4 Å². The number of allylic oxidation sites excluding steroid dienone is 1. The highest BCUT2D eigenvalue weighted by atomic mass is 19.1. The van der Waals surface area contributed by atoms with Crippen molar-refractivity contribution in [2.75, 3.05) is 25.5 Å². The summed E-state index contributed by atoms with van der Waals surface area (Å²) in [6.07, 6.45) is 10.9. The van der Waals surface area contributed by atoms with E-state index >= 15 is 4.39 Å². The van der Waals surface area contributed by atoms with Crippen LogP contribution in [-0.2, 0) is 4.79 Å². The molecular formula is C29H30FN8O2+. The Hall–Kier alpha value is -4.90. The zero-order valence-corrected chi connectivity index (χ0v) is 22.0. The number of fused-ring (bicyclic) bond motifs is 1. The quantitative estimate of drug-likeness (QED) is 0.186. The molecule has 1 aromatic carbocycles. The van der Waals surface area contributed by atoms with E-state index in [2.05, 4.69) is 31.8 Å². The summed E-state index contributed by atoms with van der Waals surface area (Å²) < 4.78 is 21.1. The number of aromatic nitrogens is 4. The van der Waals surface area contributed by atoms with Crippen LogP contribution in [0.3, 0.4) is 0 Å². The number of ether oxygens (including phenoxy) is 1. The van der Waals surface area contributed by atoms with Gasteiger partial charge in [0.1, 0.15) is 41.3 Å². The number of pyridine rings is 1. The van der Waals surface area contributed by atoms with E-state index in [-0.39, 0.29) is 17.5 Å². The van der Waals surface area contributed by atoms with Gasteiger partial charge in [0.25, 0.3) is 0 Å². The first kappa shape index (κ1) is 26.7. The summed E-state index contributed by atoms with van der Waals surface area (Å²) in [6, 6.07) is 7.95. The molecule has 0 spiro atoms. The number of hydrogen-bond donors (Lipinski definition) is 4. The Morgan fingerprint density at radius 1 is 1.23 bits per heavy atom. The van der Waals surface area contributed by atoms with Gasteiger partial charge in [-0.2, -0.15) is 0 Å². The van der Waals surface area contributed by atoms with Crippen LogP contribution in [0, 0.1) is 11.2 Å². The van der Waals surface area contributed by atoms with Gasteiger partial charge in [-0.25, -0.2) is 14.4 Å². The van der Waals surface area contributed by atoms with Crippen LogP contribution in [-0.4, -0.2) is 57.1 Å². The van der Waals surface area contributed by atoms with Gasteiger partial charge in [-0.3, -0.25) is 9.78 Å². The third-order valence-electron chi connectivity index (χ3n) is 6.88. The molecule has 0 radical (unpaired) electrons. The van der Waals surface area contributed by atoms with Gasteiger partial charge in [0, 0.05) is 43.8 Å². The van der Waals surface area contributed by atoms with Gasteiger partial charge in [-0.05, 0) is 48.6 Å². The Morgan fingerprint density at radius 2 is 2.02 bits per heavy atom. The first-order chi connectivity index (χ1) is 19.5. The van der Waals surface area contributed by atoms with E-state index in [0.717, 1.165) is 23.8 Å². The first-order valence-corrected chi connectivity index (χ1v) is 12.9. The Balaban J connectivity index is 1.35. The second kappa shape index (κ2) is 11.9. The molecule has 204 valence electrons. The molecule has 1 aliphatic rings. The van der Waals surface area contributed by atoms with E-state index < -0.39 is 5.82 Å². The minimum absolute atomic E-state index is 0.0570. The molecular weight excluding hydrogens is 511 g/mol. The van der Waals surface area contributed by atoms with Gasteiger partial charge in [0.15, 0.2) is 0 Å². The highest BCUT2D eigenvalue weighted by Crippen LogP contribution is 2.37. The zero-order valence-electron chi connectivity index (χ0n) is 22.0. The van der Waals surface area contributed by atoms with Crippen molar-refractivity contribution in [3.8, 4) is 11.5 Å². The number of carbonyl (C=O) groups excluding carboxylic acids is 1. The van der Waals surface area contributed by atoms with Crippen LogP contribution in [0.2, 0.25) is 0 Å². The van der Waals surface area contributed by atoms with Crippen molar-refractivity contribution in [2.24, 2.45) is 0 Å². The zero-order chi connectivity index (χ0) is 28.1. The lowest BCUT2D eigenvalue weighted by Gasteiger charge is -2.31. The summed E-state index contributed by atoms with van der Waals surface area (Å²) in [7, 11) is 1.86. The average Bonchev–Trinajstić information content (AvgIpc) is 3.42. The van der Waals surface area contributed by atoms with Crippen LogP contribution >= 0.6 is 0 Å². The Morgan fingerprint density at radius 3 is 2.75 bits per heavy atom. The Kier molecular flexibility index (Phi) is 7.92. The number of benzene rings is 1. The number of aromatic amines is 1. The number of carbonyl (C=O) groups is 1. The number of nitrogens with one attached hydrogen (secondary N) is 3. The van der Waals surface area contributed by atoms with E-state index in [1.807, 2.05) is 18.6 Å². The first-order valence-electron chi connectivity index (χ1n) is 12.9. The lowest BCUT2D eigenvalue weighted by Crippen LogP contribution is -2.72.